The van der Waals surface area contributed by atoms with Crippen molar-refractivity contribution in [1.82, 2.24) is 15.1 Å². The number of piperazine rings is 1. The van der Waals surface area contributed by atoms with Crippen LogP contribution in [0.3, 0.4) is 0 Å². The van der Waals surface area contributed by atoms with Gasteiger partial charge in [-0.2, -0.15) is 0 Å². The molecule has 0 unspecified atom stereocenters. The van der Waals surface area contributed by atoms with Crippen molar-refractivity contribution in [1.29, 1.82) is 0 Å². The van der Waals surface area contributed by atoms with Crippen LogP contribution in [0, 0.1) is 0 Å². The second-order valence-corrected chi connectivity index (χ2v) is 5.97. The molecule has 0 aromatic heterocycles. The zero-order valence-corrected chi connectivity index (χ0v) is 12.9. The molecule has 0 radical (unpaired) electrons. The predicted molar refractivity (Wildman–Crippen MR) is 89.6 cm³/mol. The summed E-state index contributed by atoms with van der Waals surface area (Å²) < 4.78 is 0. The van der Waals surface area contributed by atoms with Crippen molar-refractivity contribution in [3.8, 4) is 0 Å². The van der Waals surface area contributed by atoms with Gasteiger partial charge in [-0.15, -0.1) is 0 Å². The molecule has 3 rings (SSSR count). The van der Waals surface area contributed by atoms with Crippen molar-refractivity contribution in [2.75, 3.05) is 46.3 Å². The van der Waals surface area contributed by atoms with Gasteiger partial charge in [-0.25, -0.2) is 0 Å². The van der Waals surface area contributed by atoms with E-state index in [0.717, 1.165) is 26.2 Å². The Balaban J connectivity index is 1.59. The molecule has 0 spiro atoms. The summed E-state index contributed by atoms with van der Waals surface area (Å²) in [6.07, 6.45) is 0. The summed E-state index contributed by atoms with van der Waals surface area (Å²) in [6.45, 7) is 7.95. The van der Waals surface area contributed by atoms with E-state index < -0.39 is 0 Å². The van der Waals surface area contributed by atoms with Crippen molar-refractivity contribution in [2.24, 2.45) is 0 Å². The average molecular weight is 283 g/mol. The zero-order valence-electron chi connectivity index (χ0n) is 12.9. The normalized spacial score (nSPS) is 16.7. The molecular weight excluding hydrogens is 258 g/mol. The highest BCUT2D eigenvalue weighted by atomic mass is 15.2. The van der Waals surface area contributed by atoms with Gasteiger partial charge in [0, 0.05) is 45.8 Å². The number of likely N-dealkylation sites (N-methyl/N-ethyl adjacent to an activating group) is 1. The van der Waals surface area contributed by atoms with Gasteiger partial charge >= 0.3 is 0 Å². The molecule has 1 saturated heterocycles. The van der Waals surface area contributed by atoms with Crippen LogP contribution in [0.4, 0.5) is 0 Å². The fourth-order valence-corrected chi connectivity index (χ4v) is 3.05. The van der Waals surface area contributed by atoms with E-state index >= 15 is 0 Å². The van der Waals surface area contributed by atoms with Crippen molar-refractivity contribution >= 4 is 10.8 Å². The lowest BCUT2D eigenvalue weighted by Crippen LogP contribution is -2.45. The zero-order chi connectivity index (χ0) is 14.5. The van der Waals surface area contributed by atoms with Crippen molar-refractivity contribution in [2.45, 2.75) is 6.54 Å². The Morgan fingerprint density at radius 3 is 2.67 bits per heavy atom. The standard InChI is InChI=1S/C18H25N3/c1-20(13-14-21-11-9-19-10-12-21)15-17-7-4-6-16-5-2-3-8-18(16)17/h2-8,19H,9-15H2,1H3. The molecule has 0 atom stereocenters. The van der Waals surface area contributed by atoms with Crippen LogP contribution in [0.5, 0.6) is 0 Å². The molecule has 2 aromatic rings. The number of fused-ring (bicyclic) bond motifs is 1. The summed E-state index contributed by atoms with van der Waals surface area (Å²) in [5.74, 6) is 0. The van der Waals surface area contributed by atoms with Crippen LogP contribution >= 0.6 is 0 Å². The van der Waals surface area contributed by atoms with E-state index in [4.69, 9.17) is 0 Å². The number of hydrogen-bond acceptors (Lipinski definition) is 3. The van der Waals surface area contributed by atoms with E-state index in [1.165, 1.54) is 36.0 Å². The smallest absolute Gasteiger partial charge is 0.0237 e. The average Bonchev–Trinajstić information content (AvgIpc) is 2.54. The van der Waals surface area contributed by atoms with Crippen LogP contribution < -0.4 is 5.32 Å². The first-order chi connectivity index (χ1) is 10.3. The molecule has 1 aliphatic rings. The monoisotopic (exact) mass is 283 g/mol. The Hall–Kier alpha value is -1.42. The number of rotatable bonds is 5. The summed E-state index contributed by atoms with van der Waals surface area (Å²) in [4.78, 5) is 4.99. The number of hydrogen-bond donors (Lipinski definition) is 1. The van der Waals surface area contributed by atoms with Crippen LogP contribution in [0.1, 0.15) is 5.56 Å². The summed E-state index contributed by atoms with van der Waals surface area (Å²) in [5, 5.41) is 6.13. The summed E-state index contributed by atoms with van der Waals surface area (Å²) in [5.41, 5.74) is 1.43. The molecule has 0 aliphatic carbocycles. The first-order valence-corrected chi connectivity index (χ1v) is 7.91. The molecule has 0 bridgehead atoms. The third kappa shape index (κ3) is 3.82. The van der Waals surface area contributed by atoms with Gasteiger partial charge in [0.25, 0.3) is 0 Å². The Labute approximate surface area is 127 Å². The van der Waals surface area contributed by atoms with Crippen molar-refractivity contribution in [3.05, 3.63) is 48.0 Å². The molecule has 3 heteroatoms. The molecule has 1 fully saturated rings. The Morgan fingerprint density at radius 1 is 1.05 bits per heavy atom. The summed E-state index contributed by atoms with van der Waals surface area (Å²) in [6, 6.07) is 15.3. The van der Waals surface area contributed by atoms with Crippen LogP contribution in [-0.2, 0) is 6.54 Å². The van der Waals surface area contributed by atoms with Gasteiger partial charge in [-0.3, -0.25) is 4.90 Å². The van der Waals surface area contributed by atoms with E-state index in [0.29, 0.717) is 0 Å². The fraction of sp³-hybridized carbons (Fsp3) is 0.444. The van der Waals surface area contributed by atoms with Crippen LogP contribution in [0.15, 0.2) is 42.5 Å². The van der Waals surface area contributed by atoms with Crippen molar-refractivity contribution < 1.29 is 0 Å². The first-order valence-electron chi connectivity index (χ1n) is 7.91. The maximum atomic E-state index is 3.41. The first kappa shape index (κ1) is 14.5. The summed E-state index contributed by atoms with van der Waals surface area (Å²) >= 11 is 0. The number of nitrogens with zero attached hydrogens (tertiary/aromatic N) is 2. The van der Waals surface area contributed by atoms with E-state index in [-0.39, 0.29) is 0 Å². The topological polar surface area (TPSA) is 18.5 Å². The van der Waals surface area contributed by atoms with Gasteiger partial charge in [0.2, 0.25) is 0 Å². The highest BCUT2D eigenvalue weighted by Crippen LogP contribution is 2.19. The van der Waals surface area contributed by atoms with Gasteiger partial charge in [-0.1, -0.05) is 42.5 Å². The second-order valence-electron chi connectivity index (χ2n) is 5.97. The van der Waals surface area contributed by atoms with E-state index in [1.54, 1.807) is 0 Å². The molecule has 21 heavy (non-hydrogen) atoms. The van der Waals surface area contributed by atoms with Crippen LogP contribution in [-0.4, -0.2) is 56.1 Å². The van der Waals surface area contributed by atoms with Crippen molar-refractivity contribution in [3.63, 3.8) is 0 Å². The van der Waals surface area contributed by atoms with Gasteiger partial charge in [0.05, 0.1) is 0 Å². The summed E-state index contributed by atoms with van der Waals surface area (Å²) in [7, 11) is 2.23. The highest BCUT2D eigenvalue weighted by Gasteiger charge is 2.10. The lowest BCUT2D eigenvalue weighted by atomic mass is 10.0. The van der Waals surface area contributed by atoms with E-state index in [1.807, 2.05) is 0 Å². The SMILES string of the molecule is CN(CCN1CCNCC1)Cc1cccc2ccccc12. The molecule has 1 aliphatic heterocycles. The minimum atomic E-state index is 1.02. The molecule has 2 aromatic carbocycles. The van der Waals surface area contributed by atoms with Crippen LogP contribution in [0.25, 0.3) is 10.8 Å². The van der Waals surface area contributed by atoms with E-state index in [9.17, 15) is 0 Å². The molecule has 1 N–H and O–H groups in total. The molecule has 0 amide bonds. The van der Waals surface area contributed by atoms with Crippen LogP contribution in [0.2, 0.25) is 0 Å². The minimum absolute atomic E-state index is 1.02. The van der Waals surface area contributed by atoms with Gasteiger partial charge in [0.1, 0.15) is 0 Å². The Morgan fingerprint density at radius 2 is 1.81 bits per heavy atom. The Bertz CT molecular complexity index is 570. The lowest BCUT2D eigenvalue weighted by molar-refractivity contribution is 0.202. The van der Waals surface area contributed by atoms with Gasteiger partial charge in [0.15, 0.2) is 0 Å². The maximum Gasteiger partial charge on any atom is 0.0237 e. The molecule has 112 valence electrons. The largest absolute Gasteiger partial charge is 0.314 e. The van der Waals surface area contributed by atoms with E-state index in [2.05, 4.69) is 64.6 Å². The highest BCUT2D eigenvalue weighted by molar-refractivity contribution is 5.85. The molecule has 3 nitrogen and oxygen atoms in total. The molecular formula is C18H25N3. The lowest BCUT2D eigenvalue weighted by Gasteiger charge is -2.29. The quantitative estimate of drug-likeness (QED) is 0.907. The minimum Gasteiger partial charge on any atom is -0.314 e. The number of nitrogens with one attached hydrogen (secondary N) is 1. The molecule has 0 saturated carbocycles. The van der Waals surface area contributed by atoms with Gasteiger partial charge in [-0.05, 0) is 23.4 Å². The Kier molecular flexibility index (Phi) is 4.86. The predicted octanol–water partition coefficient (Wildman–Crippen LogP) is 2.18. The fourth-order valence-electron chi connectivity index (χ4n) is 3.05. The number of benzene rings is 2. The maximum absolute atomic E-state index is 3.41. The second kappa shape index (κ2) is 7.03. The third-order valence-corrected chi connectivity index (χ3v) is 4.33. The third-order valence-electron chi connectivity index (χ3n) is 4.33. The van der Waals surface area contributed by atoms with Gasteiger partial charge < -0.3 is 10.2 Å². The molecule has 1 heterocycles.